The molecule has 2 atom stereocenters. The molecular weight excluding hydrogens is 188 g/mol. The molecule has 0 amide bonds. The number of aliphatic hydroxyl groups is 1. The number of nitrogens with one attached hydrogen (secondary N) is 1. The van der Waals surface area contributed by atoms with Crippen LogP contribution in [0.2, 0.25) is 0 Å². The van der Waals surface area contributed by atoms with E-state index in [4.69, 9.17) is 0 Å². The standard InChI is InChI=1S/C12H24N2O/c1-10(15)8-14(12-4-5-12)9-11-3-2-6-13-7-11/h10-13,15H,2-9H2,1H3/t10-,11?/m0/s1. The van der Waals surface area contributed by atoms with Gasteiger partial charge in [0.05, 0.1) is 6.10 Å². The highest BCUT2D eigenvalue weighted by Crippen LogP contribution is 2.28. The van der Waals surface area contributed by atoms with Crippen LogP contribution < -0.4 is 5.32 Å². The van der Waals surface area contributed by atoms with Crippen LogP contribution in [0, 0.1) is 5.92 Å². The maximum atomic E-state index is 9.47. The van der Waals surface area contributed by atoms with Gasteiger partial charge in [-0.25, -0.2) is 0 Å². The average molecular weight is 212 g/mol. The first-order valence-corrected chi connectivity index (χ1v) is 6.38. The zero-order valence-corrected chi connectivity index (χ0v) is 9.78. The second-order valence-corrected chi connectivity index (χ2v) is 5.25. The van der Waals surface area contributed by atoms with Gasteiger partial charge in [-0.1, -0.05) is 0 Å². The molecule has 88 valence electrons. The lowest BCUT2D eigenvalue weighted by molar-refractivity contribution is 0.106. The Bertz CT molecular complexity index is 186. The van der Waals surface area contributed by atoms with Gasteiger partial charge in [0.1, 0.15) is 0 Å². The summed E-state index contributed by atoms with van der Waals surface area (Å²) in [7, 11) is 0. The molecule has 0 aromatic rings. The van der Waals surface area contributed by atoms with Gasteiger partial charge in [0, 0.05) is 19.1 Å². The lowest BCUT2D eigenvalue weighted by Gasteiger charge is -2.30. The fraction of sp³-hybridized carbons (Fsp3) is 1.00. The lowest BCUT2D eigenvalue weighted by Crippen LogP contribution is -2.41. The second-order valence-electron chi connectivity index (χ2n) is 5.25. The number of rotatable bonds is 5. The Morgan fingerprint density at radius 1 is 1.40 bits per heavy atom. The number of aliphatic hydroxyl groups excluding tert-OH is 1. The van der Waals surface area contributed by atoms with E-state index in [1.165, 1.54) is 45.3 Å². The molecule has 0 spiro atoms. The van der Waals surface area contributed by atoms with Crippen LogP contribution in [0.4, 0.5) is 0 Å². The van der Waals surface area contributed by atoms with Gasteiger partial charge in [-0.15, -0.1) is 0 Å². The van der Waals surface area contributed by atoms with Gasteiger partial charge in [0.2, 0.25) is 0 Å². The highest BCUT2D eigenvalue weighted by Gasteiger charge is 2.31. The molecule has 0 aromatic heterocycles. The SMILES string of the molecule is C[C@H](O)CN(CC1CCCNC1)C1CC1. The molecule has 2 N–H and O–H groups in total. The van der Waals surface area contributed by atoms with Crippen LogP contribution >= 0.6 is 0 Å². The molecule has 1 unspecified atom stereocenters. The summed E-state index contributed by atoms with van der Waals surface area (Å²) in [6, 6.07) is 0.779. The quantitative estimate of drug-likeness (QED) is 0.708. The van der Waals surface area contributed by atoms with Crippen LogP contribution in [-0.2, 0) is 0 Å². The zero-order valence-electron chi connectivity index (χ0n) is 9.78. The Balaban J connectivity index is 1.77. The van der Waals surface area contributed by atoms with E-state index < -0.39 is 0 Å². The van der Waals surface area contributed by atoms with Crippen molar-refractivity contribution in [2.24, 2.45) is 5.92 Å². The maximum Gasteiger partial charge on any atom is 0.0639 e. The second kappa shape index (κ2) is 5.28. The smallest absolute Gasteiger partial charge is 0.0639 e. The predicted molar refractivity (Wildman–Crippen MR) is 61.9 cm³/mol. The average Bonchev–Trinajstić information content (AvgIpc) is 3.01. The number of nitrogens with zero attached hydrogens (tertiary/aromatic N) is 1. The normalized spacial score (nSPS) is 29.4. The monoisotopic (exact) mass is 212 g/mol. The highest BCUT2D eigenvalue weighted by atomic mass is 16.3. The van der Waals surface area contributed by atoms with Gasteiger partial charge in [-0.05, 0) is 51.6 Å². The van der Waals surface area contributed by atoms with Crippen LogP contribution in [0.25, 0.3) is 0 Å². The van der Waals surface area contributed by atoms with Crippen molar-refractivity contribution >= 4 is 0 Å². The summed E-state index contributed by atoms with van der Waals surface area (Å²) < 4.78 is 0. The summed E-state index contributed by atoms with van der Waals surface area (Å²) >= 11 is 0. The molecule has 1 aliphatic heterocycles. The van der Waals surface area contributed by atoms with Crippen LogP contribution in [0.3, 0.4) is 0 Å². The fourth-order valence-electron chi connectivity index (χ4n) is 2.56. The van der Waals surface area contributed by atoms with Crippen molar-refractivity contribution in [1.82, 2.24) is 10.2 Å². The van der Waals surface area contributed by atoms with Crippen molar-refractivity contribution in [3.63, 3.8) is 0 Å². The van der Waals surface area contributed by atoms with E-state index in [1.54, 1.807) is 0 Å². The molecule has 1 saturated heterocycles. The van der Waals surface area contributed by atoms with E-state index in [0.29, 0.717) is 0 Å². The van der Waals surface area contributed by atoms with Gasteiger partial charge in [0.15, 0.2) is 0 Å². The molecule has 0 aromatic carbocycles. The summed E-state index contributed by atoms with van der Waals surface area (Å²) in [6.45, 7) is 6.30. The van der Waals surface area contributed by atoms with Crippen LogP contribution in [-0.4, -0.2) is 48.3 Å². The van der Waals surface area contributed by atoms with Gasteiger partial charge in [-0.3, -0.25) is 4.90 Å². The van der Waals surface area contributed by atoms with E-state index in [0.717, 1.165) is 18.5 Å². The minimum atomic E-state index is -0.179. The van der Waals surface area contributed by atoms with E-state index in [2.05, 4.69) is 10.2 Å². The Kier molecular flexibility index (Phi) is 4.00. The van der Waals surface area contributed by atoms with E-state index in [9.17, 15) is 5.11 Å². The largest absolute Gasteiger partial charge is 0.392 e. The minimum Gasteiger partial charge on any atom is -0.392 e. The zero-order chi connectivity index (χ0) is 10.7. The highest BCUT2D eigenvalue weighted by molar-refractivity contribution is 4.87. The van der Waals surface area contributed by atoms with Crippen LogP contribution in [0.1, 0.15) is 32.6 Å². The first kappa shape index (κ1) is 11.4. The van der Waals surface area contributed by atoms with Crippen molar-refractivity contribution in [2.75, 3.05) is 26.2 Å². The Labute approximate surface area is 92.8 Å². The molecule has 2 aliphatic rings. The molecule has 1 saturated carbocycles. The number of hydrogen-bond acceptors (Lipinski definition) is 3. The Morgan fingerprint density at radius 3 is 2.73 bits per heavy atom. The summed E-state index contributed by atoms with van der Waals surface area (Å²) in [5, 5.41) is 12.9. The third-order valence-electron chi connectivity index (χ3n) is 3.45. The van der Waals surface area contributed by atoms with Crippen molar-refractivity contribution in [2.45, 2.75) is 44.8 Å². The first-order chi connectivity index (χ1) is 7.25. The van der Waals surface area contributed by atoms with Crippen molar-refractivity contribution in [3.05, 3.63) is 0 Å². The van der Waals surface area contributed by atoms with Gasteiger partial charge in [-0.2, -0.15) is 0 Å². The predicted octanol–water partition coefficient (Wildman–Crippen LogP) is 0.831. The molecule has 0 radical (unpaired) electrons. The summed E-state index contributed by atoms with van der Waals surface area (Å²) in [5.74, 6) is 0.804. The van der Waals surface area contributed by atoms with Crippen molar-refractivity contribution < 1.29 is 5.11 Å². The third kappa shape index (κ3) is 3.74. The van der Waals surface area contributed by atoms with Gasteiger partial charge >= 0.3 is 0 Å². The third-order valence-corrected chi connectivity index (χ3v) is 3.45. The molecule has 2 rings (SSSR count). The van der Waals surface area contributed by atoms with E-state index >= 15 is 0 Å². The van der Waals surface area contributed by atoms with Crippen molar-refractivity contribution in [1.29, 1.82) is 0 Å². The molecule has 0 bridgehead atoms. The number of piperidine rings is 1. The van der Waals surface area contributed by atoms with Gasteiger partial charge in [0.25, 0.3) is 0 Å². The molecule has 15 heavy (non-hydrogen) atoms. The van der Waals surface area contributed by atoms with Crippen LogP contribution in [0.15, 0.2) is 0 Å². The lowest BCUT2D eigenvalue weighted by atomic mass is 9.99. The molecule has 1 aliphatic carbocycles. The number of hydrogen-bond donors (Lipinski definition) is 2. The molecule has 3 heteroatoms. The summed E-state index contributed by atoms with van der Waals surface area (Å²) in [4.78, 5) is 2.50. The topological polar surface area (TPSA) is 35.5 Å². The minimum absolute atomic E-state index is 0.179. The summed E-state index contributed by atoms with van der Waals surface area (Å²) in [5.41, 5.74) is 0. The van der Waals surface area contributed by atoms with E-state index in [-0.39, 0.29) is 6.10 Å². The van der Waals surface area contributed by atoms with Crippen LogP contribution in [0.5, 0.6) is 0 Å². The fourth-order valence-corrected chi connectivity index (χ4v) is 2.56. The maximum absolute atomic E-state index is 9.47. The van der Waals surface area contributed by atoms with E-state index in [1.807, 2.05) is 6.92 Å². The van der Waals surface area contributed by atoms with Gasteiger partial charge < -0.3 is 10.4 Å². The molecule has 1 heterocycles. The Hall–Kier alpha value is -0.120. The summed E-state index contributed by atoms with van der Waals surface area (Å²) in [6.07, 6.45) is 5.18. The molecular formula is C12H24N2O. The first-order valence-electron chi connectivity index (χ1n) is 6.38. The Morgan fingerprint density at radius 2 is 2.20 bits per heavy atom. The molecule has 3 nitrogen and oxygen atoms in total. The van der Waals surface area contributed by atoms with Crippen molar-refractivity contribution in [3.8, 4) is 0 Å². The molecule has 2 fully saturated rings.